The number of carbonyl (C=O) groups is 2. The second kappa shape index (κ2) is 6.66. The van der Waals surface area contributed by atoms with Crippen LogP contribution in [0.2, 0.25) is 0 Å². The molecule has 0 unspecified atom stereocenters. The SMILES string of the molecule is CC(=O)OCCCC=C(C#N)C(=O)O. The van der Waals surface area contributed by atoms with E-state index in [1.807, 2.05) is 0 Å². The Morgan fingerprint density at radius 1 is 1.57 bits per heavy atom. The molecule has 0 radical (unpaired) electrons. The quantitative estimate of drug-likeness (QED) is 0.305. The number of hydrogen-bond donors (Lipinski definition) is 1. The molecule has 0 aromatic heterocycles. The number of rotatable bonds is 5. The molecule has 0 amide bonds. The van der Waals surface area contributed by atoms with Gasteiger partial charge in [-0.3, -0.25) is 4.79 Å². The number of nitriles is 1. The average molecular weight is 197 g/mol. The number of ether oxygens (including phenoxy) is 1. The molecule has 0 fully saturated rings. The molecule has 0 rings (SSSR count). The van der Waals surface area contributed by atoms with Gasteiger partial charge in [0.05, 0.1) is 6.61 Å². The fourth-order valence-corrected chi connectivity index (χ4v) is 0.726. The highest BCUT2D eigenvalue weighted by atomic mass is 16.5. The van der Waals surface area contributed by atoms with Crippen molar-refractivity contribution in [3.8, 4) is 6.07 Å². The Morgan fingerprint density at radius 3 is 2.64 bits per heavy atom. The molecule has 0 aliphatic rings. The van der Waals surface area contributed by atoms with Crippen LogP contribution in [0.4, 0.5) is 0 Å². The van der Waals surface area contributed by atoms with Crippen LogP contribution in [0.3, 0.4) is 0 Å². The standard InChI is InChI=1S/C9H11NO4/c1-7(11)14-5-3-2-4-8(6-10)9(12)13/h4H,2-3,5H2,1H3,(H,12,13). The van der Waals surface area contributed by atoms with E-state index < -0.39 is 5.97 Å². The van der Waals surface area contributed by atoms with Crippen LogP contribution in [-0.4, -0.2) is 23.7 Å². The van der Waals surface area contributed by atoms with Gasteiger partial charge in [-0.1, -0.05) is 6.08 Å². The predicted octanol–water partition coefficient (Wildman–Crippen LogP) is 0.864. The molecule has 0 aliphatic heterocycles. The van der Waals surface area contributed by atoms with Gasteiger partial charge < -0.3 is 9.84 Å². The predicted molar refractivity (Wildman–Crippen MR) is 47.2 cm³/mol. The van der Waals surface area contributed by atoms with Gasteiger partial charge in [0.15, 0.2) is 0 Å². The van der Waals surface area contributed by atoms with Gasteiger partial charge in [-0.15, -0.1) is 0 Å². The maximum Gasteiger partial charge on any atom is 0.346 e. The first-order chi connectivity index (χ1) is 6.57. The van der Waals surface area contributed by atoms with E-state index in [1.54, 1.807) is 6.07 Å². The Kier molecular flexibility index (Phi) is 5.79. The summed E-state index contributed by atoms with van der Waals surface area (Å²) >= 11 is 0. The van der Waals surface area contributed by atoms with E-state index in [0.717, 1.165) is 0 Å². The zero-order valence-corrected chi connectivity index (χ0v) is 7.82. The summed E-state index contributed by atoms with van der Waals surface area (Å²) < 4.78 is 4.62. The van der Waals surface area contributed by atoms with Gasteiger partial charge in [0.2, 0.25) is 0 Å². The molecule has 5 nitrogen and oxygen atoms in total. The van der Waals surface area contributed by atoms with Gasteiger partial charge in [-0.05, 0) is 12.8 Å². The van der Waals surface area contributed by atoms with Gasteiger partial charge in [-0.2, -0.15) is 5.26 Å². The van der Waals surface area contributed by atoms with Crippen LogP contribution in [-0.2, 0) is 14.3 Å². The molecule has 1 N–H and O–H groups in total. The van der Waals surface area contributed by atoms with Crippen molar-refractivity contribution in [2.75, 3.05) is 6.61 Å². The normalized spacial score (nSPS) is 10.4. The van der Waals surface area contributed by atoms with Gasteiger partial charge in [0.1, 0.15) is 11.6 Å². The molecule has 0 saturated heterocycles. The highest BCUT2D eigenvalue weighted by Gasteiger charge is 2.03. The third-order valence-corrected chi connectivity index (χ3v) is 1.35. The summed E-state index contributed by atoms with van der Waals surface area (Å²) in [6.07, 6.45) is 2.23. The van der Waals surface area contributed by atoms with Crippen molar-refractivity contribution < 1.29 is 19.4 Å². The molecule has 0 atom stereocenters. The number of esters is 1. The van der Waals surface area contributed by atoms with Crippen LogP contribution in [0, 0.1) is 11.3 Å². The zero-order valence-electron chi connectivity index (χ0n) is 7.82. The molecule has 0 bridgehead atoms. The maximum absolute atomic E-state index is 10.3. The molecule has 76 valence electrons. The summed E-state index contributed by atoms with van der Waals surface area (Å²) in [5, 5.41) is 16.8. The third kappa shape index (κ3) is 5.77. The maximum atomic E-state index is 10.3. The number of allylic oxidation sites excluding steroid dienone is 1. The topological polar surface area (TPSA) is 87.4 Å². The van der Waals surface area contributed by atoms with Crippen LogP contribution in [0.15, 0.2) is 11.6 Å². The van der Waals surface area contributed by atoms with Crippen LogP contribution in [0.5, 0.6) is 0 Å². The monoisotopic (exact) mass is 197 g/mol. The van der Waals surface area contributed by atoms with Gasteiger partial charge in [0, 0.05) is 6.92 Å². The van der Waals surface area contributed by atoms with Crippen LogP contribution >= 0.6 is 0 Å². The summed E-state index contributed by atoms with van der Waals surface area (Å²) in [5.41, 5.74) is -0.284. The minimum atomic E-state index is -1.24. The molecule has 0 heterocycles. The van der Waals surface area contributed by atoms with E-state index in [2.05, 4.69) is 4.74 Å². The highest BCUT2D eigenvalue weighted by Crippen LogP contribution is 1.99. The lowest BCUT2D eigenvalue weighted by Crippen LogP contribution is -2.01. The molecule has 14 heavy (non-hydrogen) atoms. The van der Waals surface area contributed by atoms with Crippen molar-refractivity contribution in [3.63, 3.8) is 0 Å². The molecular weight excluding hydrogens is 186 g/mol. The second-order valence-electron chi connectivity index (χ2n) is 2.52. The van der Waals surface area contributed by atoms with Gasteiger partial charge >= 0.3 is 11.9 Å². The summed E-state index contributed by atoms with van der Waals surface area (Å²) in [7, 11) is 0. The van der Waals surface area contributed by atoms with Crippen molar-refractivity contribution in [1.82, 2.24) is 0 Å². The summed E-state index contributed by atoms with van der Waals surface area (Å²) in [4.78, 5) is 20.6. The molecule has 0 spiro atoms. The molecule has 5 heteroatoms. The highest BCUT2D eigenvalue weighted by molar-refractivity contribution is 5.90. The fraction of sp³-hybridized carbons (Fsp3) is 0.444. The fourth-order valence-electron chi connectivity index (χ4n) is 0.726. The first kappa shape index (κ1) is 12.2. The first-order valence-corrected chi connectivity index (χ1v) is 4.05. The Balaban J connectivity index is 3.76. The molecular formula is C9H11NO4. The van der Waals surface area contributed by atoms with Crippen molar-refractivity contribution in [3.05, 3.63) is 11.6 Å². The second-order valence-corrected chi connectivity index (χ2v) is 2.52. The summed E-state index contributed by atoms with van der Waals surface area (Å²) in [6.45, 7) is 1.54. The number of aliphatic carboxylic acids is 1. The van der Waals surface area contributed by atoms with E-state index in [4.69, 9.17) is 10.4 Å². The van der Waals surface area contributed by atoms with Crippen molar-refractivity contribution in [2.24, 2.45) is 0 Å². The summed E-state index contributed by atoms with van der Waals surface area (Å²) in [5.74, 6) is -1.60. The first-order valence-electron chi connectivity index (χ1n) is 4.05. The van der Waals surface area contributed by atoms with Crippen LogP contribution < -0.4 is 0 Å². The number of nitrogens with zero attached hydrogens (tertiary/aromatic N) is 1. The van der Waals surface area contributed by atoms with Gasteiger partial charge in [-0.25, -0.2) is 4.79 Å². The Hall–Kier alpha value is -1.83. The largest absolute Gasteiger partial charge is 0.477 e. The molecule has 0 aliphatic carbocycles. The average Bonchev–Trinajstić information content (AvgIpc) is 2.10. The lowest BCUT2D eigenvalue weighted by molar-refractivity contribution is -0.141. The van der Waals surface area contributed by atoms with E-state index >= 15 is 0 Å². The van der Waals surface area contributed by atoms with E-state index in [1.165, 1.54) is 13.0 Å². The minimum absolute atomic E-state index is 0.240. The van der Waals surface area contributed by atoms with E-state index in [9.17, 15) is 9.59 Å². The molecule has 0 saturated carbocycles. The molecule has 0 aromatic rings. The van der Waals surface area contributed by atoms with Crippen molar-refractivity contribution >= 4 is 11.9 Å². The van der Waals surface area contributed by atoms with E-state index in [-0.39, 0.29) is 18.1 Å². The lowest BCUT2D eigenvalue weighted by Gasteiger charge is -1.98. The number of carboxylic acid groups (broad SMARTS) is 1. The number of unbranched alkanes of at least 4 members (excludes halogenated alkanes) is 1. The number of carbonyl (C=O) groups excluding carboxylic acids is 1. The third-order valence-electron chi connectivity index (χ3n) is 1.35. The van der Waals surface area contributed by atoms with E-state index in [0.29, 0.717) is 12.8 Å². The van der Waals surface area contributed by atoms with Crippen molar-refractivity contribution in [2.45, 2.75) is 19.8 Å². The Labute approximate surface area is 81.6 Å². The minimum Gasteiger partial charge on any atom is -0.477 e. The number of carboxylic acids is 1. The summed E-state index contributed by atoms with van der Waals surface area (Å²) in [6, 6.07) is 1.55. The smallest absolute Gasteiger partial charge is 0.346 e. The zero-order chi connectivity index (χ0) is 11.0. The van der Waals surface area contributed by atoms with Crippen molar-refractivity contribution in [1.29, 1.82) is 5.26 Å². The van der Waals surface area contributed by atoms with Gasteiger partial charge in [0.25, 0.3) is 0 Å². The van der Waals surface area contributed by atoms with Crippen LogP contribution in [0.1, 0.15) is 19.8 Å². The number of hydrogen-bond acceptors (Lipinski definition) is 4. The molecule has 0 aromatic carbocycles. The Morgan fingerprint density at radius 2 is 2.21 bits per heavy atom. The van der Waals surface area contributed by atoms with Crippen LogP contribution in [0.25, 0.3) is 0 Å². The Bertz CT molecular complexity index is 288. The lowest BCUT2D eigenvalue weighted by atomic mass is 10.2.